The van der Waals surface area contributed by atoms with Gasteiger partial charge in [-0.3, -0.25) is 9.48 Å². The van der Waals surface area contributed by atoms with E-state index < -0.39 is 6.04 Å². The second-order valence-corrected chi connectivity index (χ2v) is 6.72. The van der Waals surface area contributed by atoms with Gasteiger partial charge >= 0.3 is 0 Å². The Morgan fingerprint density at radius 2 is 2.07 bits per heavy atom. The van der Waals surface area contributed by atoms with E-state index in [0.29, 0.717) is 23.8 Å². The third kappa shape index (κ3) is 4.91. The molecule has 3 rings (SSSR count). The van der Waals surface area contributed by atoms with Crippen LogP contribution in [0.1, 0.15) is 31.4 Å². The van der Waals surface area contributed by atoms with Gasteiger partial charge in [-0.25, -0.2) is 0 Å². The van der Waals surface area contributed by atoms with Gasteiger partial charge in [0.25, 0.3) is 0 Å². The van der Waals surface area contributed by atoms with Crippen molar-refractivity contribution in [3.8, 4) is 11.4 Å². The van der Waals surface area contributed by atoms with Crippen LogP contribution in [0.15, 0.2) is 36.7 Å². The summed E-state index contributed by atoms with van der Waals surface area (Å²) in [6.45, 7) is 2.51. The lowest BCUT2D eigenvalue weighted by molar-refractivity contribution is -0.125. The molecule has 27 heavy (non-hydrogen) atoms. The van der Waals surface area contributed by atoms with Crippen LogP contribution in [-0.2, 0) is 18.3 Å². The number of halogens is 1. The molecule has 2 aromatic heterocycles. The first-order chi connectivity index (χ1) is 13.1. The number of nitrogens with zero attached hydrogens (tertiary/aromatic N) is 6. The minimum atomic E-state index is -0.489. The Bertz CT molecular complexity index is 887. The van der Waals surface area contributed by atoms with Gasteiger partial charge in [-0.05, 0) is 54.3 Å². The fourth-order valence-electron chi connectivity index (χ4n) is 2.75. The highest BCUT2D eigenvalue weighted by Gasteiger charge is 2.21. The molecule has 9 heteroatoms. The number of carbonyl (C=O) groups excluding carboxylic acids is 1. The summed E-state index contributed by atoms with van der Waals surface area (Å²) in [4.78, 5) is 13.9. The van der Waals surface area contributed by atoms with E-state index in [0.717, 1.165) is 24.0 Å². The Morgan fingerprint density at radius 1 is 1.30 bits per heavy atom. The molecule has 142 valence electrons. The maximum atomic E-state index is 12.5. The van der Waals surface area contributed by atoms with Crippen molar-refractivity contribution in [1.29, 1.82) is 0 Å². The summed E-state index contributed by atoms with van der Waals surface area (Å²) in [5, 5.41) is 20.2. The molecule has 0 spiro atoms. The van der Waals surface area contributed by atoms with Crippen molar-refractivity contribution in [1.82, 2.24) is 35.3 Å². The van der Waals surface area contributed by atoms with E-state index in [4.69, 9.17) is 11.6 Å². The lowest BCUT2D eigenvalue weighted by Crippen LogP contribution is -2.34. The summed E-state index contributed by atoms with van der Waals surface area (Å²) >= 11 is 5.90. The molecule has 1 aromatic carbocycles. The van der Waals surface area contributed by atoms with Crippen LogP contribution in [0.5, 0.6) is 0 Å². The first-order valence-electron chi connectivity index (χ1n) is 8.87. The average Bonchev–Trinajstić information content (AvgIpc) is 3.29. The number of aromatic nitrogens is 6. The molecule has 0 aliphatic rings. The number of aryl methyl sites for hydroxylation is 2. The molecule has 0 fully saturated rings. The minimum absolute atomic E-state index is 0.108. The van der Waals surface area contributed by atoms with Gasteiger partial charge in [0, 0.05) is 30.4 Å². The highest BCUT2D eigenvalue weighted by atomic mass is 35.5. The number of carbonyl (C=O) groups is 1. The number of nitrogens with one attached hydrogen (secondary N) is 1. The summed E-state index contributed by atoms with van der Waals surface area (Å²) in [5.74, 6) is 0.359. The Morgan fingerprint density at radius 3 is 2.74 bits per heavy atom. The van der Waals surface area contributed by atoms with Gasteiger partial charge in [-0.15, -0.1) is 10.2 Å². The molecule has 0 aliphatic carbocycles. The largest absolute Gasteiger partial charge is 0.354 e. The molecule has 0 radical (unpaired) electrons. The summed E-state index contributed by atoms with van der Waals surface area (Å²) in [6, 6.07) is 6.69. The van der Waals surface area contributed by atoms with Crippen LogP contribution < -0.4 is 5.32 Å². The zero-order valence-corrected chi connectivity index (χ0v) is 16.1. The Labute approximate surface area is 162 Å². The van der Waals surface area contributed by atoms with Crippen LogP contribution in [0.25, 0.3) is 11.4 Å². The van der Waals surface area contributed by atoms with E-state index in [-0.39, 0.29) is 5.91 Å². The molecule has 0 bridgehead atoms. The van der Waals surface area contributed by atoms with Crippen molar-refractivity contribution in [3.05, 3.63) is 47.2 Å². The van der Waals surface area contributed by atoms with Crippen molar-refractivity contribution >= 4 is 17.5 Å². The van der Waals surface area contributed by atoms with Crippen molar-refractivity contribution in [2.75, 3.05) is 6.54 Å². The summed E-state index contributed by atoms with van der Waals surface area (Å²) in [5.41, 5.74) is 1.96. The number of tetrazole rings is 1. The summed E-state index contributed by atoms with van der Waals surface area (Å²) < 4.78 is 1.77. The van der Waals surface area contributed by atoms with Crippen molar-refractivity contribution in [3.63, 3.8) is 0 Å². The molecule has 1 unspecified atom stereocenters. The van der Waals surface area contributed by atoms with E-state index in [1.165, 1.54) is 4.80 Å². The van der Waals surface area contributed by atoms with Gasteiger partial charge in [0.05, 0.1) is 6.20 Å². The maximum absolute atomic E-state index is 12.5. The van der Waals surface area contributed by atoms with E-state index in [9.17, 15) is 4.79 Å². The van der Waals surface area contributed by atoms with Gasteiger partial charge in [0.2, 0.25) is 11.7 Å². The van der Waals surface area contributed by atoms with Gasteiger partial charge in [-0.2, -0.15) is 9.90 Å². The van der Waals surface area contributed by atoms with E-state index in [1.54, 1.807) is 16.8 Å². The molecular weight excluding hydrogens is 366 g/mol. The van der Waals surface area contributed by atoms with Gasteiger partial charge in [-0.1, -0.05) is 18.5 Å². The first-order valence-corrected chi connectivity index (χ1v) is 9.25. The Kier molecular flexibility index (Phi) is 6.18. The van der Waals surface area contributed by atoms with E-state index in [2.05, 4.69) is 25.8 Å². The number of hydrogen-bond acceptors (Lipinski definition) is 5. The standard InChI is InChI=1S/C18H22ClN7O/c1-3-16(18(27)20-10-4-5-13-11-21-25(2)12-13)26-23-17(22-24-26)14-6-8-15(19)9-7-14/h6-9,11-12,16H,3-5,10H2,1-2H3,(H,20,27). The zero-order valence-electron chi connectivity index (χ0n) is 15.3. The highest BCUT2D eigenvalue weighted by Crippen LogP contribution is 2.18. The quantitative estimate of drug-likeness (QED) is 0.599. The predicted molar refractivity (Wildman–Crippen MR) is 102 cm³/mol. The number of hydrogen-bond donors (Lipinski definition) is 1. The van der Waals surface area contributed by atoms with Gasteiger partial charge < -0.3 is 5.32 Å². The third-order valence-electron chi connectivity index (χ3n) is 4.20. The second-order valence-electron chi connectivity index (χ2n) is 6.28. The highest BCUT2D eigenvalue weighted by molar-refractivity contribution is 6.30. The van der Waals surface area contributed by atoms with Crippen molar-refractivity contribution in [2.24, 2.45) is 7.05 Å². The molecule has 0 saturated carbocycles. The normalized spacial score (nSPS) is 12.1. The lowest BCUT2D eigenvalue weighted by Gasteiger charge is -2.13. The van der Waals surface area contributed by atoms with Crippen LogP contribution in [0.3, 0.4) is 0 Å². The molecular formula is C18H22ClN7O. The number of amides is 1. The lowest BCUT2D eigenvalue weighted by atomic mass is 10.2. The number of rotatable bonds is 8. The van der Waals surface area contributed by atoms with Gasteiger partial charge in [0.1, 0.15) is 0 Å². The van der Waals surface area contributed by atoms with Crippen LogP contribution in [0.4, 0.5) is 0 Å². The monoisotopic (exact) mass is 387 g/mol. The Hall–Kier alpha value is -2.74. The van der Waals surface area contributed by atoms with Crippen LogP contribution in [-0.4, -0.2) is 42.4 Å². The van der Waals surface area contributed by atoms with Crippen molar-refractivity contribution < 1.29 is 4.79 Å². The fraction of sp³-hybridized carbons (Fsp3) is 0.389. The summed E-state index contributed by atoms with van der Waals surface area (Å²) in [7, 11) is 1.89. The average molecular weight is 388 g/mol. The Balaban J connectivity index is 1.55. The fourth-order valence-corrected chi connectivity index (χ4v) is 2.87. The zero-order chi connectivity index (χ0) is 19.2. The summed E-state index contributed by atoms with van der Waals surface area (Å²) in [6.07, 6.45) is 6.11. The SMILES string of the molecule is CCC(C(=O)NCCCc1cnn(C)c1)n1nnc(-c2ccc(Cl)cc2)n1. The first kappa shape index (κ1) is 19.0. The third-order valence-corrected chi connectivity index (χ3v) is 4.45. The minimum Gasteiger partial charge on any atom is -0.354 e. The topological polar surface area (TPSA) is 90.5 Å². The van der Waals surface area contributed by atoms with Crippen LogP contribution >= 0.6 is 11.6 Å². The van der Waals surface area contributed by atoms with E-state index in [1.807, 2.05) is 38.5 Å². The van der Waals surface area contributed by atoms with Crippen molar-refractivity contribution in [2.45, 2.75) is 32.2 Å². The van der Waals surface area contributed by atoms with E-state index >= 15 is 0 Å². The molecule has 1 atom stereocenters. The molecule has 1 N–H and O–H groups in total. The maximum Gasteiger partial charge on any atom is 0.246 e. The molecule has 1 amide bonds. The molecule has 0 saturated heterocycles. The number of benzene rings is 1. The predicted octanol–water partition coefficient (Wildman–Crippen LogP) is 2.43. The van der Waals surface area contributed by atoms with Gasteiger partial charge in [0.15, 0.2) is 6.04 Å². The molecule has 8 nitrogen and oxygen atoms in total. The van der Waals surface area contributed by atoms with Crippen LogP contribution in [0.2, 0.25) is 5.02 Å². The van der Waals surface area contributed by atoms with Crippen LogP contribution in [0, 0.1) is 0 Å². The second kappa shape index (κ2) is 8.77. The smallest absolute Gasteiger partial charge is 0.246 e. The molecule has 3 aromatic rings. The molecule has 2 heterocycles. The molecule has 0 aliphatic heterocycles.